The summed E-state index contributed by atoms with van der Waals surface area (Å²) in [5.74, 6) is 0.721. The lowest BCUT2D eigenvalue weighted by Crippen LogP contribution is -2.43. The fraction of sp³-hybridized carbons (Fsp3) is 0.455. The summed E-state index contributed by atoms with van der Waals surface area (Å²) >= 11 is 6.08. The van der Waals surface area contributed by atoms with Crippen LogP contribution >= 0.6 is 11.6 Å². The zero-order valence-electron chi connectivity index (χ0n) is 16.0. The van der Waals surface area contributed by atoms with Crippen LogP contribution in [0, 0.1) is 0 Å². The third-order valence-corrected chi connectivity index (χ3v) is 5.50. The monoisotopic (exact) mass is 389 g/mol. The number of hydrogen-bond donors (Lipinski definition) is 1. The van der Waals surface area contributed by atoms with Crippen molar-refractivity contribution in [2.75, 3.05) is 39.5 Å². The van der Waals surface area contributed by atoms with Gasteiger partial charge in [0, 0.05) is 30.6 Å². The van der Waals surface area contributed by atoms with Gasteiger partial charge in [-0.2, -0.15) is 0 Å². The van der Waals surface area contributed by atoms with Crippen molar-refractivity contribution in [2.45, 2.75) is 25.4 Å². The van der Waals surface area contributed by atoms with Crippen LogP contribution in [0.3, 0.4) is 0 Å². The van der Waals surface area contributed by atoms with Crippen molar-refractivity contribution in [3.63, 3.8) is 0 Å². The number of ether oxygens (including phenoxy) is 2. The smallest absolute Gasteiger partial charge is 0.119 e. The van der Waals surface area contributed by atoms with E-state index < -0.39 is 5.60 Å². The van der Waals surface area contributed by atoms with Crippen LogP contribution in [0.15, 0.2) is 48.5 Å². The van der Waals surface area contributed by atoms with E-state index in [0.717, 1.165) is 49.7 Å². The maximum atomic E-state index is 11.6. The molecule has 1 fully saturated rings. The topological polar surface area (TPSA) is 41.9 Å². The van der Waals surface area contributed by atoms with E-state index in [2.05, 4.69) is 4.90 Å². The highest BCUT2D eigenvalue weighted by Gasteiger charge is 2.36. The molecule has 2 aromatic carbocycles. The third-order valence-electron chi connectivity index (χ3n) is 5.25. The van der Waals surface area contributed by atoms with Crippen molar-refractivity contribution in [3.8, 4) is 5.75 Å². The van der Waals surface area contributed by atoms with E-state index in [1.807, 2.05) is 62.4 Å². The molecule has 27 heavy (non-hydrogen) atoms. The number of nitrogens with zero attached hydrogens (tertiary/aromatic N) is 1. The normalized spacial score (nSPS) is 18.7. The summed E-state index contributed by atoms with van der Waals surface area (Å²) in [6, 6.07) is 15.5. The second kappa shape index (κ2) is 9.07. The van der Waals surface area contributed by atoms with Gasteiger partial charge in [0.25, 0.3) is 0 Å². The molecule has 1 N–H and O–H groups in total. The first-order valence-electron chi connectivity index (χ1n) is 9.52. The molecule has 2 aromatic rings. The average molecular weight is 390 g/mol. The molecule has 5 heteroatoms. The minimum absolute atomic E-state index is 0.0918. The maximum absolute atomic E-state index is 11.6. The van der Waals surface area contributed by atoms with Crippen molar-refractivity contribution in [3.05, 3.63) is 64.7 Å². The second-order valence-electron chi connectivity index (χ2n) is 7.12. The average Bonchev–Trinajstić information content (AvgIpc) is 2.68. The second-order valence-corrected chi connectivity index (χ2v) is 7.56. The van der Waals surface area contributed by atoms with Gasteiger partial charge in [0.1, 0.15) is 5.75 Å². The van der Waals surface area contributed by atoms with Crippen LogP contribution in [0.25, 0.3) is 0 Å². The lowest BCUT2D eigenvalue weighted by atomic mass is 9.78. The Morgan fingerprint density at radius 3 is 2.33 bits per heavy atom. The molecule has 1 heterocycles. The Bertz CT molecular complexity index is 709. The van der Waals surface area contributed by atoms with Crippen LogP contribution in [0.1, 0.15) is 30.9 Å². The molecule has 1 aliphatic heterocycles. The van der Waals surface area contributed by atoms with Crippen molar-refractivity contribution < 1.29 is 14.6 Å². The van der Waals surface area contributed by atoms with Crippen molar-refractivity contribution >= 4 is 11.6 Å². The molecule has 4 nitrogen and oxygen atoms in total. The number of aliphatic hydroxyl groups is 1. The maximum Gasteiger partial charge on any atom is 0.119 e. The molecule has 0 amide bonds. The summed E-state index contributed by atoms with van der Waals surface area (Å²) in [7, 11) is 0. The Morgan fingerprint density at radius 1 is 1.11 bits per heavy atom. The van der Waals surface area contributed by atoms with E-state index >= 15 is 0 Å². The van der Waals surface area contributed by atoms with Gasteiger partial charge < -0.3 is 14.6 Å². The third kappa shape index (κ3) is 5.02. The van der Waals surface area contributed by atoms with Gasteiger partial charge in [-0.25, -0.2) is 0 Å². The molecule has 0 saturated carbocycles. The molecule has 0 aliphatic carbocycles. The van der Waals surface area contributed by atoms with Gasteiger partial charge in [0.2, 0.25) is 0 Å². The molecule has 0 aromatic heterocycles. The van der Waals surface area contributed by atoms with Crippen LogP contribution in [0.2, 0.25) is 5.02 Å². The first kappa shape index (κ1) is 20.2. The minimum Gasteiger partial charge on any atom is -0.494 e. The fourth-order valence-electron chi connectivity index (χ4n) is 3.60. The number of halogens is 1. The van der Waals surface area contributed by atoms with Crippen molar-refractivity contribution in [1.29, 1.82) is 0 Å². The summed E-state index contributed by atoms with van der Waals surface area (Å²) in [6.07, 6.45) is 0. The molecule has 1 saturated heterocycles. The van der Waals surface area contributed by atoms with Gasteiger partial charge in [-0.3, -0.25) is 4.90 Å². The largest absolute Gasteiger partial charge is 0.494 e. The lowest BCUT2D eigenvalue weighted by Gasteiger charge is -2.38. The summed E-state index contributed by atoms with van der Waals surface area (Å²) in [6.45, 7) is 8.46. The molecule has 146 valence electrons. The van der Waals surface area contributed by atoms with Gasteiger partial charge >= 0.3 is 0 Å². The van der Waals surface area contributed by atoms with Crippen molar-refractivity contribution in [2.24, 2.45) is 0 Å². The van der Waals surface area contributed by atoms with E-state index in [-0.39, 0.29) is 5.92 Å². The first-order chi connectivity index (χ1) is 13.0. The molecule has 0 spiro atoms. The zero-order valence-corrected chi connectivity index (χ0v) is 16.8. The van der Waals surface area contributed by atoms with Gasteiger partial charge in [-0.15, -0.1) is 0 Å². The van der Waals surface area contributed by atoms with Gasteiger partial charge in [-0.05, 0) is 49.2 Å². The zero-order chi connectivity index (χ0) is 19.3. The minimum atomic E-state index is -1.03. The van der Waals surface area contributed by atoms with E-state index in [0.29, 0.717) is 11.6 Å². The first-order valence-corrected chi connectivity index (χ1v) is 9.89. The summed E-state index contributed by atoms with van der Waals surface area (Å²) in [4.78, 5) is 2.35. The lowest BCUT2D eigenvalue weighted by molar-refractivity contribution is -0.0107. The molecular formula is C22H28ClNO3. The number of hydrogen-bond acceptors (Lipinski definition) is 4. The Kier molecular flexibility index (Phi) is 6.77. The van der Waals surface area contributed by atoms with Gasteiger partial charge in [0.15, 0.2) is 0 Å². The van der Waals surface area contributed by atoms with Gasteiger partial charge in [0.05, 0.1) is 25.4 Å². The fourth-order valence-corrected chi connectivity index (χ4v) is 3.73. The molecule has 0 unspecified atom stereocenters. The molecule has 0 radical (unpaired) electrons. The molecule has 2 atom stereocenters. The highest BCUT2D eigenvalue weighted by molar-refractivity contribution is 6.30. The molecular weight excluding hydrogens is 362 g/mol. The summed E-state index contributed by atoms with van der Waals surface area (Å²) in [5, 5.41) is 12.3. The van der Waals surface area contributed by atoms with Crippen LogP contribution in [-0.4, -0.2) is 49.5 Å². The quantitative estimate of drug-likeness (QED) is 0.775. The molecule has 3 rings (SSSR count). The number of benzene rings is 2. The van der Waals surface area contributed by atoms with Crippen LogP contribution in [-0.2, 0) is 10.3 Å². The van der Waals surface area contributed by atoms with Crippen LogP contribution in [0.4, 0.5) is 0 Å². The SMILES string of the molecule is CCOc1ccc([C@](C)(O)[C@@H](CN2CCOCC2)c2ccc(Cl)cc2)cc1. The van der Waals surface area contributed by atoms with Crippen molar-refractivity contribution in [1.82, 2.24) is 4.90 Å². The summed E-state index contributed by atoms with van der Waals surface area (Å²) in [5.41, 5.74) is 0.917. The Hall–Kier alpha value is -1.59. The van der Waals surface area contributed by atoms with E-state index in [1.54, 1.807) is 0 Å². The van der Waals surface area contributed by atoms with Crippen LogP contribution in [0.5, 0.6) is 5.75 Å². The molecule has 1 aliphatic rings. The Balaban J connectivity index is 1.90. The standard InChI is InChI=1S/C22H28ClNO3/c1-3-27-20-10-6-18(7-11-20)22(2,25)21(16-24-12-14-26-15-13-24)17-4-8-19(23)9-5-17/h4-11,21,25H,3,12-16H2,1-2H3/t21-,22-/m0/s1. The van der Waals surface area contributed by atoms with Crippen LogP contribution < -0.4 is 4.74 Å². The Morgan fingerprint density at radius 2 is 1.74 bits per heavy atom. The predicted octanol–water partition coefficient (Wildman–Crippen LogP) is 4.06. The Labute approximate surface area is 166 Å². The number of morpholine rings is 1. The predicted molar refractivity (Wildman–Crippen MR) is 109 cm³/mol. The van der Waals surface area contributed by atoms with E-state index in [9.17, 15) is 5.11 Å². The highest BCUT2D eigenvalue weighted by atomic mass is 35.5. The van der Waals surface area contributed by atoms with E-state index in [1.165, 1.54) is 0 Å². The molecule has 0 bridgehead atoms. The number of rotatable bonds is 7. The highest BCUT2D eigenvalue weighted by Crippen LogP contribution is 2.38. The van der Waals surface area contributed by atoms with Gasteiger partial charge in [-0.1, -0.05) is 35.9 Å². The van der Waals surface area contributed by atoms with E-state index in [4.69, 9.17) is 21.1 Å². The summed E-state index contributed by atoms with van der Waals surface area (Å²) < 4.78 is 11.0.